The van der Waals surface area contributed by atoms with Crippen LogP contribution in [0.15, 0.2) is 52.9 Å². The second-order valence-electron chi connectivity index (χ2n) is 8.36. The molecule has 1 unspecified atom stereocenters. The normalized spacial score (nSPS) is 12.8. The molecule has 0 aliphatic heterocycles. The zero-order chi connectivity index (χ0) is 25.1. The first-order valence-corrected chi connectivity index (χ1v) is 9.96. The second kappa shape index (κ2) is 9.49. The number of hydrogen-bond acceptors (Lipinski definition) is 8. The van der Waals surface area contributed by atoms with Crippen molar-refractivity contribution in [3.63, 3.8) is 0 Å². The van der Waals surface area contributed by atoms with Gasteiger partial charge in [-0.25, -0.2) is 4.79 Å². The Labute approximate surface area is 191 Å². The summed E-state index contributed by atoms with van der Waals surface area (Å²) in [6.45, 7) is 5.43. The third-order valence-corrected chi connectivity index (χ3v) is 4.74. The zero-order valence-electron chi connectivity index (χ0n) is 18.3. The lowest BCUT2D eigenvalue weighted by atomic mass is 9.87. The van der Waals surface area contributed by atoms with Gasteiger partial charge in [-0.05, 0) is 41.8 Å². The van der Waals surface area contributed by atoms with Gasteiger partial charge in [0, 0.05) is 17.7 Å². The number of nitrogens with zero attached hydrogens (tertiary/aromatic N) is 3. The van der Waals surface area contributed by atoms with Crippen molar-refractivity contribution < 1.29 is 36.8 Å². The Balaban J connectivity index is 1.68. The van der Waals surface area contributed by atoms with Gasteiger partial charge >= 0.3 is 12.3 Å². The number of non-ortho nitro benzene ring substituents is 1. The highest BCUT2D eigenvalue weighted by atomic mass is 19.4. The van der Waals surface area contributed by atoms with Crippen LogP contribution >= 0.6 is 0 Å². The fourth-order valence-electron chi connectivity index (χ4n) is 2.81. The first-order valence-electron chi connectivity index (χ1n) is 9.96. The van der Waals surface area contributed by atoms with Gasteiger partial charge in [-0.3, -0.25) is 10.1 Å². The van der Waals surface area contributed by atoms with Crippen LogP contribution in [0.1, 0.15) is 32.2 Å². The van der Waals surface area contributed by atoms with Crippen LogP contribution in [0.3, 0.4) is 0 Å². The lowest BCUT2D eigenvalue weighted by Gasteiger charge is -2.28. The Morgan fingerprint density at radius 3 is 2.21 bits per heavy atom. The molecule has 0 saturated heterocycles. The smallest absolute Gasteiger partial charge is 0.430 e. The molecule has 0 saturated carbocycles. The fourth-order valence-corrected chi connectivity index (χ4v) is 2.81. The van der Waals surface area contributed by atoms with Crippen molar-refractivity contribution in [1.82, 2.24) is 10.2 Å². The number of ether oxygens (including phenoxy) is 2. The molecule has 2 aromatic carbocycles. The summed E-state index contributed by atoms with van der Waals surface area (Å²) in [4.78, 5) is 22.4. The molecule has 1 aromatic heterocycles. The molecule has 0 bridgehead atoms. The van der Waals surface area contributed by atoms with Gasteiger partial charge in [0.1, 0.15) is 11.9 Å². The molecule has 9 nitrogen and oxygen atoms in total. The number of nitro benzene ring substituents is 1. The first-order chi connectivity index (χ1) is 15.8. The van der Waals surface area contributed by atoms with E-state index >= 15 is 0 Å². The number of aromatic nitrogens is 2. The van der Waals surface area contributed by atoms with E-state index in [1.165, 1.54) is 36.4 Å². The van der Waals surface area contributed by atoms with E-state index in [9.17, 15) is 28.1 Å². The molecule has 0 fully saturated rings. The monoisotopic (exact) mass is 479 g/mol. The summed E-state index contributed by atoms with van der Waals surface area (Å²) in [5, 5.41) is 18.5. The Hall–Kier alpha value is -3.96. The number of benzene rings is 2. The Bertz CT molecular complexity index is 1150. The van der Waals surface area contributed by atoms with Crippen LogP contribution < -0.4 is 4.74 Å². The molecule has 0 amide bonds. The number of rotatable bonds is 6. The van der Waals surface area contributed by atoms with E-state index in [0.717, 1.165) is 12.1 Å². The minimum absolute atomic E-state index is 0.0184. The maximum Gasteiger partial charge on any atom is 0.514 e. The van der Waals surface area contributed by atoms with Gasteiger partial charge in [-0.2, -0.15) is 13.2 Å². The summed E-state index contributed by atoms with van der Waals surface area (Å²) in [6, 6.07) is 9.16. The lowest BCUT2D eigenvalue weighted by Crippen LogP contribution is -2.34. The highest BCUT2D eigenvalue weighted by Gasteiger charge is 2.32. The number of halogens is 3. The van der Waals surface area contributed by atoms with Crippen molar-refractivity contribution in [2.75, 3.05) is 0 Å². The van der Waals surface area contributed by atoms with E-state index in [0.29, 0.717) is 5.56 Å². The highest BCUT2D eigenvalue weighted by molar-refractivity contribution is 5.64. The number of hydrogen-bond donors (Lipinski definition) is 0. The average molecular weight is 479 g/mol. The van der Waals surface area contributed by atoms with Crippen LogP contribution in [0.5, 0.6) is 5.75 Å². The molecule has 1 heterocycles. The van der Waals surface area contributed by atoms with E-state index < -0.39 is 34.3 Å². The van der Waals surface area contributed by atoms with Gasteiger partial charge in [0.15, 0.2) is 0 Å². The first kappa shape index (κ1) is 24.7. The predicted octanol–water partition coefficient (Wildman–Crippen LogP) is 5.84. The van der Waals surface area contributed by atoms with Crippen LogP contribution in [-0.2, 0) is 17.3 Å². The standard InChI is InChI=1S/C22H20F3N3O6/c1-21(2,3)17(33-20(29)32-16-10-8-15(9-11-16)28(30)31)12-18-26-27-19(34-18)13-4-6-14(7-5-13)22(23,24)25/h4-11,17H,12H2,1-3H3. The third-order valence-electron chi connectivity index (χ3n) is 4.74. The average Bonchev–Trinajstić information content (AvgIpc) is 3.21. The third kappa shape index (κ3) is 6.30. The number of carbonyl (C=O) groups excluding carboxylic acids is 1. The molecule has 0 N–H and O–H groups in total. The van der Waals surface area contributed by atoms with E-state index in [-0.39, 0.29) is 29.6 Å². The molecule has 180 valence electrons. The number of carbonyl (C=O) groups is 1. The van der Waals surface area contributed by atoms with E-state index in [1.54, 1.807) is 0 Å². The molecule has 3 rings (SSSR count). The van der Waals surface area contributed by atoms with Crippen molar-refractivity contribution in [2.24, 2.45) is 5.41 Å². The topological polar surface area (TPSA) is 118 Å². The molecule has 1 atom stereocenters. The molecular weight excluding hydrogens is 459 g/mol. The summed E-state index contributed by atoms with van der Waals surface area (Å²) < 4.78 is 54.3. The quantitative estimate of drug-likeness (QED) is 0.187. The van der Waals surface area contributed by atoms with Gasteiger partial charge in [-0.1, -0.05) is 20.8 Å². The Morgan fingerprint density at radius 1 is 1.06 bits per heavy atom. The number of alkyl halides is 3. The minimum atomic E-state index is -4.46. The van der Waals surface area contributed by atoms with E-state index in [4.69, 9.17) is 13.9 Å². The molecule has 3 aromatic rings. The van der Waals surface area contributed by atoms with Crippen molar-refractivity contribution in [3.05, 3.63) is 70.1 Å². The largest absolute Gasteiger partial charge is 0.514 e. The molecule has 0 spiro atoms. The summed E-state index contributed by atoms with van der Waals surface area (Å²) >= 11 is 0. The summed E-state index contributed by atoms with van der Waals surface area (Å²) in [6.07, 6.45) is -6.24. The van der Waals surface area contributed by atoms with Crippen molar-refractivity contribution in [1.29, 1.82) is 0 Å². The summed E-state index contributed by atoms with van der Waals surface area (Å²) in [5.41, 5.74) is -1.23. The van der Waals surface area contributed by atoms with Crippen LogP contribution in [0.25, 0.3) is 11.5 Å². The van der Waals surface area contributed by atoms with Crippen molar-refractivity contribution in [2.45, 2.75) is 39.5 Å². The molecular formula is C22H20F3N3O6. The molecule has 34 heavy (non-hydrogen) atoms. The SMILES string of the molecule is CC(C)(C)C(Cc1nnc(-c2ccc(C(F)(F)F)cc2)o1)OC(=O)Oc1ccc([N+](=O)[O-])cc1. The van der Waals surface area contributed by atoms with Gasteiger partial charge in [0.2, 0.25) is 11.8 Å². The Kier molecular flexibility index (Phi) is 6.89. The maximum atomic E-state index is 12.7. The lowest BCUT2D eigenvalue weighted by molar-refractivity contribution is -0.384. The molecule has 0 radical (unpaired) electrons. The summed E-state index contributed by atoms with van der Waals surface area (Å²) in [5.74, 6) is 0.188. The van der Waals surface area contributed by atoms with Crippen molar-refractivity contribution >= 4 is 11.8 Å². The van der Waals surface area contributed by atoms with Crippen LogP contribution in [0.2, 0.25) is 0 Å². The van der Waals surface area contributed by atoms with E-state index in [2.05, 4.69) is 10.2 Å². The fraction of sp³-hybridized carbons (Fsp3) is 0.318. The van der Waals surface area contributed by atoms with Crippen LogP contribution in [0, 0.1) is 15.5 Å². The van der Waals surface area contributed by atoms with Crippen LogP contribution in [0.4, 0.5) is 23.7 Å². The zero-order valence-corrected chi connectivity index (χ0v) is 18.3. The van der Waals surface area contributed by atoms with Gasteiger partial charge in [0.05, 0.1) is 16.9 Å². The molecule has 12 heteroatoms. The minimum Gasteiger partial charge on any atom is -0.430 e. The van der Waals surface area contributed by atoms with Gasteiger partial charge in [-0.15, -0.1) is 10.2 Å². The Morgan fingerprint density at radius 2 is 1.68 bits per heavy atom. The van der Waals surface area contributed by atoms with Crippen molar-refractivity contribution in [3.8, 4) is 17.2 Å². The number of nitro groups is 1. The molecule has 0 aliphatic rings. The second-order valence-corrected chi connectivity index (χ2v) is 8.36. The highest BCUT2D eigenvalue weighted by Crippen LogP contribution is 2.31. The van der Waals surface area contributed by atoms with E-state index in [1.807, 2.05) is 20.8 Å². The summed E-state index contributed by atoms with van der Waals surface area (Å²) in [7, 11) is 0. The molecule has 0 aliphatic carbocycles. The maximum absolute atomic E-state index is 12.7. The van der Waals surface area contributed by atoms with Gasteiger partial charge < -0.3 is 13.9 Å². The predicted molar refractivity (Wildman–Crippen MR) is 112 cm³/mol. The van der Waals surface area contributed by atoms with Crippen LogP contribution in [-0.4, -0.2) is 27.4 Å². The van der Waals surface area contributed by atoms with Gasteiger partial charge in [0.25, 0.3) is 5.69 Å².